The van der Waals surface area contributed by atoms with Gasteiger partial charge in [0.25, 0.3) is 0 Å². The largest absolute Gasteiger partial charge is 0.506 e. The Morgan fingerprint density at radius 1 is 0.322 bits per heavy atom. The van der Waals surface area contributed by atoms with Crippen LogP contribution in [-0.2, 0) is 57.0 Å². The van der Waals surface area contributed by atoms with Crippen molar-refractivity contribution in [2.45, 2.75) is 104 Å². The van der Waals surface area contributed by atoms with Crippen LogP contribution in [0.2, 0.25) is 0 Å². The van der Waals surface area contributed by atoms with E-state index in [-0.39, 0.29) is 76.2 Å². The monoisotopic (exact) mass is 3200 g/mol. The lowest BCUT2D eigenvalue weighted by Gasteiger charge is -2.38. The number of rotatable bonds is 27. The molecule has 9 rings (SSSR count). The second kappa shape index (κ2) is 48.5. The molecule has 25 nitrogen and oxygen atoms in total. The molecule has 0 aliphatic carbocycles. The lowest BCUT2D eigenvalue weighted by molar-refractivity contribution is -0.666. The van der Waals surface area contributed by atoms with Gasteiger partial charge in [-0.1, -0.05) is 0 Å². The number of nitrogens with two attached hydrogens (primary N) is 3. The van der Waals surface area contributed by atoms with E-state index < -0.39 is 114 Å². The number of benzene rings is 6. The number of hydrogen-bond donors (Lipinski definition) is 7. The van der Waals surface area contributed by atoms with Gasteiger partial charge in [0, 0.05) is 92.0 Å². The molecule has 39 heteroatoms. The van der Waals surface area contributed by atoms with E-state index in [1.54, 1.807) is 36.4 Å². The maximum Gasteiger partial charge on any atom is 0.342 e. The molecular weight excluding hydrogens is 3120 g/mol. The third kappa shape index (κ3) is 30.8. The molecule has 0 unspecified atom stereocenters. The van der Waals surface area contributed by atoms with E-state index >= 15 is 0 Å². The summed E-state index contributed by atoms with van der Waals surface area (Å²) in [6, 6.07) is 20.2. The number of quaternary nitrogens is 3. The van der Waals surface area contributed by atoms with Crippen molar-refractivity contribution in [1.82, 2.24) is 0 Å². The molecule has 642 valence electrons. The van der Waals surface area contributed by atoms with Gasteiger partial charge in [0.2, 0.25) is 0 Å². The molecule has 3 aliphatic heterocycles. The molecule has 10 N–H and O–H groups in total. The van der Waals surface area contributed by atoms with Crippen LogP contribution in [-0.4, -0.2) is 170 Å². The normalized spacial score (nSPS) is 14.3. The van der Waals surface area contributed by atoms with Crippen LogP contribution in [0.5, 0.6) is 23.0 Å². The minimum Gasteiger partial charge on any atom is -0.506 e. The smallest absolute Gasteiger partial charge is 0.342 e. The zero-order valence-corrected chi connectivity index (χ0v) is 94.4. The van der Waals surface area contributed by atoms with Crippen LogP contribution < -0.4 is 16.0 Å². The summed E-state index contributed by atoms with van der Waals surface area (Å²) in [6.45, 7) is 16.2. The Kier molecular flexibility index (Phi) is 43.1. The van der Waals surface area contributed by atoms with Crippen LogP contribution in [0.4, 0.5) is 0 Å². The first-order valence-electron chi connectivity index (χ1n) is 36.4. The van der Waals surface area contributed by atoms with Crippen molar-refractivity contribution in [3.8, 4) is 23.0 Å². The fourth-order valence-corrected chi connectivity index (χ4v) is 24.7. The first-order chi connectivity index (χ1) is 55.2. The summed E-state index contributed by atoms with van der Waals surface area (Å²) in [7, 11) is 0. The molecule has 0 radical (unpaired) electrons. The maximum absolute atomic E-state index is 13.7. The fourth-order valence-electron chi connectivity index (χ4n) is 12.6. The van der Waals surface area contributed by atoms with Crippen molar-refractivity contribution in [2.75, 3.05) is 78.9 Å². The van der Waals surface area contributed by atoms with Crippen LogP contribution in [0.1, 0.15) is 149 Å². The number of ether oxygens (including phenoxy) is 9. The maximum atomic E-state index is 13.7. The van der Waals surface area contributed by atoms with Crippen molar-refractivity contribution in [2.24, 2.45) is 35.0 Å². The molecule has 0 amide bonds. The number of piperidine rings is 3. The molecule has 0 atom stereocenters. The van der Waals surface area contributed by atoms with Gasteiger partial charge >= 0.3 is 53.7 Å². The average molecular weight is 3200 g/mol. The molecule has 3 saturated heterocycles. The second-order valence-corrected chi connectivity index (χ2v) is 46.2. The molecule has 3 heterocycles. The summed E-state index contributed by atoms with van der Waals surface area (Å²) in [6.07, 6.45) is 5.45. The predicted octanol–water partition coefficient (Wildman–Crippen LogP) is 15.5. The molecule has 3 fully saturated rings. The Hall–Kier alpha value is -0.150. The Bertz CT molecular complexity index is 4300. The highest BCUT2D eigenvalue weighted by Gasteiger charge is 2.46. The Labute approximate surface area is 874 Å². The summed E-state index contributed by atoms with van der Waals surface area (Å²) >= 11 is 28.6. The zero-order chi connectivity index (χ0) is 87.6. The molecule has 0 bridgehead atoms. The second-order valence-electron chi connectivity index (χ2n) is 29.6. The summed E-state index contributed by atoms with van der Waals surface area (Å²) in [5.41, 5.74) is -3.13. The summed E-state index contributed by atoms with van der Waals surface area (Å²) < 4.78 is 61.0. The van der Waals surface area contributed by atoms with Gasteiger partial charge in [0.05, 0.1) is 64.7 Å². The van der Waals surface area contributed by atoms with Crippen LogP contribution in [0.15, 0.2) is 72.8 Å². The average Bonchev–Trinajstić information content (AvgIpc) is 0.800. The molecule has 6 aromatic carbocycles. The van der Waals surface area contributed by atoms with E-state index in [2.05, 4.69) is 151 Å². The quantitative estimate of drug-likeness (QED) is 0.0109. The van der Waals surface area contributed by atoms with E-state index in [0.717, 1.165) is 113 Å². The topological polar surface area (TPSA) is 367 Å². The van der Waals surface area contributed by atoms with Crippen LogP contribution in [0.3, 0.4) is 0 Å². The van der Waals surface area contributed by atoms with Gasteiger partial charge in [-0.2, -0.15) is 0 Å². The summed E-state index contributed by atoms with van der Waals surface area (Å²) in [5.74, 6) is -8.71. The van der Waals surface area contributed by atoms with Crippen molar-refractivity contribution >= 4 is 370 Å². The first kappa shape index (κ1) is 105. The molecule has 0 aromatic heterocycles. The van der Waals surface area contributed by atoms with E-state index in [9.17, 15) is 63.6 Å². The molecule has 6 aromatic rings. The third-order valence-corrected chi connectivity index (χ3v) is 32.7. The van der Waals surface area contributed by atoms with E-state index in [1.165, 1.54) is 31.2 Å². The Morgan fingerprint density at radius 2 is 0.534 bits per heavy atom. The number of carbonyl (C=O) groups is 9. The molecular formula is C79H84I14N3O22+3. The summed E-state index contributed by atoms with van der Waals surface area (Å²) in [4.78, 5) is 118. The van der Waals surface area contributed by atoms with Gasteiger partial charge in [-0.25, -0.2) is 28.8 Å². The highest BCUT2D eigenvalue weighted by atomic mass is 127. The van der Waals surface area contributed by atoms with Crippen LogP contribution >= 0.6 is 316 Å². The van der Waals surface area contributed by atoms with E-state index in [0.29, 0.717) is 25.4 Å². The zero-order valence-electron chi connectivity index (χ0n) is 64.2. The van der Waals surface area contributed by atoms with E-state index in [1.807, 2.05) is 234 Å². The Morgan fingerprint density at radius 3 is 0.788 bits per heavy atom. The van der Waals surface area contributed by atoms with E-state index in [4.69, 9.17) is 42.6 Å². The highest BCUT2D eigenvalue weighted by molar-refractivity contribution is 14.1. The van der Waals surface area contributed by atoms with Gasteiger partial charge in [-0.05, 0) is 438 Å². The molecule has 0 spiro atoms. The van der Waals surface area contributed by atoms with Crippen LogP contribution in [0.25, 0.3) is 0 Å². The minimum absolute atomic E-state index is 0.0347. The SMILES string of the molecule is CC(C)(OC(=O)C(COC(=O)c1cc(I)cc(I)c1I)COC(=O)c1cc(I)cc(I)c1I)C1CC[NH2+]CC1.CC(C)(OC(=O)C(COC(=O)c1cc(I)cc(I)c1O)COC(=O)c1cc(I)cc(I)c1O)C1CC[NH2+]CC1.CC(COC(=O)c1cc(I)cc(I)c1O)(COC(=O)c1cc(I)cc(I)c1O)C(=O)OC(C)(C)C1CC[NH2+]CC1. The molecule has 118 heavy (non-hydrogen) atoms. The number of hydrogen-bond acceptors (Lipinski definition) is 22. The fraction of sp³-hybridized carbons (Fsp3) is 0.430. The van der Waals surface area contributed by atoms with Gasteiger partial charge in [0.15, 0.2) is 0 Å². The van der Waals surface area contributed by atoms with Gasteiger partial charge in [0.1, 0.15) is 119 Å². The lowest BCUT2D eigenvalue weighted by atomic mass is 9.83. The number of esters is 9. The molecule has 3 aliphatic rings. The van der Waals surface area contributed by atoms with Crippen LogP contribution in [0, 0.1) is 85.0 Å². The number of aromatic hydroxyl groups is 4. The highest BCUT2D eigenvalue weighted by Crippen LogP contribution is 2.38. The van der Waals surface area contributed by atoms with Crippen molar-refractivity contribution in [1.29, 1.82) is 0 Å². The van der Waals surface area contributed by atoms with Gasteiger partial charge in [-0.15, -0.1) is 0 Å². The standard InChI is InChI=1S/C27H29I4NO8.C26H25I6NO6.C26H27I4NO8/c1-26(2,14-4-6-32-7-5-14)40-25(37)27(3,12-38-23(35)17-8-15(28)10-19(30)21(17)33)13-39-24(36)18-9-16(29)11-20(31)22(18)34;1-26(2,14-3-5-33-6-4-14)39-23(34)13(11-37-24(35)17-7-15(27)9-19(29)21(17)31)12-38-25(36)18-8-16(28)10-20(30)22(18)32;1-26(2,14-3-5-31-6-4-14)39-23(34)13(11-37-24(35)17-7-15(27)9-19(29)21(17)32)12-38-25(36)18-8-16(28)10-20(30)22(18)33/h8-11,14,32-34H,4-7,12-13H2,1-3H3;7-10,13-14,33H,3-6,11-12H2,1-2H3;7-10,13-14,31-33H,3-6,11-12H2,1-2H3/p+3. The molecule has 0 saturated carbocycles. The van der Waals surface area contributed by atoms with Crippen molar-refractivity contribution in [3.05, 3.63) is 156 Å². The Balaban J connectivity index is 0.000000244. The summed E-state index contributed by atoms with van der Waals surface area (Å²) in [5, 5.41) is 48.2. The predicted molar refractivity (Wildman–Crippen MR) is 554 cm³/mol. The third-order valence-electron chi connectivity index (χ3n) is 19.6. The first-order valence-corrected chi connectivity index (χ1v) is 51.5. The van der Waals surface area contributed by atoms with Crippen molar-refractivity contribution in [3.63, 3.8) is 0 Å². The minimum atomic E-state index is -1.57. The number of carbonyl (C=O) groups excluding carboxylic acids is 9. The number of phenolic OH excluding ortho intramolecular Hbond substituents is 4. The van der Waals surface area contributed by atoms with Crippen molar-refractivity contribution < 1.29 is 122 Å². The number of halogens is 14. The number of phenols is 4. The van der Waals surface area contributed by atoms with Gasteiger partial charge in [-0.3, -0.25) is 14.4 Å². The van der Waals surface area contributed by atoms with Gasteiger partial charge < -0.3 is 79.0 Å². The lowest BCUT2D eigenvalue weighted by Crippen LogP contribution is -2.86.